The highest BCUT2D eigenvalue weighted by molar-refractivity contribution is 5.44. The van der Waals surface area contributed by atoms with E-state index in [0.29, 0.717) is 5.92 Å². The van der Waals surface area contributed by atoms with E-state index < -0.39 is 0 Å². The van der Waals surface area contributed by atoms with Crippen LogP contribution in [0.2, 0.25) is 0 Å². The number of hydrogen-bond acceptors (Lipinski definition) is 2. The molecule has 2 rings (SSSR count). The fourth-order valence-electron chi connectivity index (χ4n) is 1.82. The van der Waals surface area contributed by atoms with Gasteiger partial charge in [0.2, 0.25) is 5.95 Å². The van der Waals surface area contributed by atoms with Crippen molar-refractivity contribution in [3.8, 4) is 5.69 Å². The number of aromatic nitrogens is 2. The van der Waals surface area contributed by atoms with E-state index in [1.807, 2.05) is 6.92 Å². The second-order valence-corrected chi connectivity index (χ2v) is 5.19. The van der Waals surface area contributed by atoms with E-state index in [2.05, 4.69) is 66.1 Å². The first-order chi connectivity index (χ1) is 8.56. The quantitative estimate of drug-likeness (QED) is 0.890. The molecule has 0 aliphatic heterocycles. The third kappa shape index (κ3) is 2.92. The number of aryl methyl sites for hydroxylation is 2. The Morgan fingerprint density at radius 2 is 1.83 bits per heavy atom. The van der Waals surface area contributed by atoms with Crippen LogP contribution in [-0.2, 0) is 0 Å². The average Bonchev–Trinajstić information content (AvgIpc) is 2.69. The number of nitrogens with zero attached hydrogens (tertiary/aromatic N) is 2. The highest BCUT2D eigenvalue weighted by Crippen LogP contribution is 2.17. The molecule has 3 nitrogen and oxygen atoms in total. The van der Waals surface area contributed by atoms with Gasteiger partial charge in [-0.25, -0.2) is 4.98 Å². The zero-order chi connectivity index (χ0) is 13.1. The summed E-state index contributed by atoms with van der Waals surface area (Å²) in [7, 11) is 0. The Labute approximate surface area is 109 Å². The summed E-state index contributed by atoms with van der Waals surface area (Å²) in [6.07, 6.45) is 2.06. The van der Waals surface area contributed by atoms with Gasteiger partial charge in [-0.3, -0.25) is 4.57 Å². The van der Waals surface area contributed by atoms with Crippen molar-refractivity contribution in [1.82, 2.24) is 9.55 Å². The second kappa shape index (κ2) is 5.25. The molecule has 0 unspecified atom stereocenters. The number of rotatable bonds is 4. The van der Waals surface area contributed by atoms with Crippen LogP contribution in [0.1, 0.15) is 25.1 Å². The summed E-state index contributed by atoms with van der Waals surface area (Å²) in [6.45, 7) is 9.44. The number of benzene rings is 1. The predicted octanol–water partition coefficient (Wildman–Crippen LogP) is 3.56. The monoisotopic (exact) mass is 243 g/mol. The van der Waals surface area contributed by atoms with Gasteiger partial charge >= 0.3 is 0 Å². The normalized spacial score (nSPS) is 10.9. The number of imidazole rings is 1. The van der Waals surface area contributed by atoms with Gasteiger partial charge in [0.1, 0.15) is 0 Å². The van der Waals surface area contributed by atoms with Gasteiger partial charge in [-0.15, -0.1) is 0 Å². The van der Waals surface area contributed by atoms with Gasteiger partial charge < -0.3 is 5.32 Å². The molecule has 1 heterocycles. The van der Waals surface area contributed by atoms with E-state index in [1.54, 1.807) is 0 Å². The molecule has 1 N–H and O–H groups in total. The molecule has 0 saturated carbocycles. The van der Waals surface area contributed by atoms with Crippen LogP contribution in [0.25, 0.3) is 5.69 Å². The fourth-order valence-corrected chi connectivity index (χ4v) is 1.82. The summed E-state index contributed by atoms with van der Waals surface area (Å²) in [4.78, 5) is 4.53. The minimum absolute atomic E-state index is 0.605. The Morgan fingerprint density at radius 3 is 2.44 bits per heavy atom. The lowest BCUT2D eigenvalue weighted by Crippen LogP contribution is -2.12. The predicted molar refractivity (Wildman–Crippen MR) is 76.4 cm³/mol. The summed E-state index contributed by atoms with van der Waals surface area (Å²) in [5, 5.41) is 3.40. The van der Waals surface area contributed by atoms with E-state index in [0.717, 1.165) is 23.9 Å². The topological polar surface area (TPSA) is 29.9 Å². The summed E-state index contributed by atoms with van der Waals surface area (Å²) < 4.78 is 2.11. The van der Waals surface area contributed by atoms with E-state index in [4.69, 9.17) is 0 Å². The SMILES string of the molecule is Cc1ccc(-n2cc(C)nc2NCC(C)C)cc1. The van der Waals surface area contributed by atoms with Gasteiger partial charge in [0.05, 0.1) is 5.69 Å². The molecular weight excluding hydrogens is 222 g/mol. The van der Waals surface area contributed by atoms with Gasteiger partial charge in [0.15, 0.2) is 0 Å². The summed E-state index contributed by atoms with van der Waals surface area (Å²) >= 11 is 0. The average molecular weight is 243 g/mol. The van der Waals surface area contributed by atoms with Crippen molar-refractivity contribution >= 4 is 5.95 Å². The lowest BCUT2D eigenvalue weighted by molar-refractivity contribution is 0.683. The smallest absolute Gasteiger partial charge is 0.207 e. The Kier molecular flexibility index (Phi) is 3.70. The second-order valence-electron chi connectivity index (χ2n) is 5.19. The largest absolute Gasteiger partial charge is 0.355 e. The molecule has 2 aromatic rings. The van der Waals surface area contributed by atoms with Crippen LogP contribution in [0, 0.1) is 19.8 Å². The van der Waals surface area contributed by atoms with Crippen LogP contribution in [0.4, 0.5) is 5.95 Å². The Bertz CT molecular complexity index is 509. The van der Waals surface area contributed by atoms with E-state index in [-0.39, 0.29) is 0 Å². The van der Waals surface area contributed by atoms with Crippen LogP contribution < -0.4 is 5.32 Å². The number of nitrogens with one attached hydrogen (secondary N) is 1. The molecule has 1 aromatic heterocycles. The van der Waals surface area contributed by atoms with Crippen molar-refractivity contribution < 1.29 is 0 Å². The van der Waals surface area contributed by atoms with Crippen molar-refractivity contribution in [3.63, 3.8) is 0 Å². The van der Waals surface area contributed by atoms with E-state index >= 15 is 0 Å². The van der Waals surface area contributed by atoms with Gasteiger partial charge in [-0.05, 0) is 31.9 Å². The lowest BCUT2D eigenvalue weighted by atomic mass is 10.2. The van der Waals surface area contributed by atoms with E-state index in [9.17, 15) is 0 Å². The zero-order valence-corrected chi connectivity index (χ0v) is 11.6. The van der Waals surface area contributed by atoms with Crippen molar-refractivity contribution in [2.75, 3.05) is 11.9 Å². The molecule has 0 atom stereocenters. The van der Waals surface area contributed by atoms with Gasteiger partial charge in [0.25, 0.3) is 0 Å². The Hall–Kier alpha value is -1.77. The number of hydrogen-bond donors (Lipinski definition) is 1. The highest BCUT2D eigenvalue weighted by atomic mass is 15.2. The molecule has 1 aromatic carbocycles. The minimum Gasteiger partial charge on any atom is -0.355 e. The van der Waals surface area contributed by atoms with Crippen molar-refractivity contribution in [2.24, 2.45) is 5.92 Å². The van der Waals surface area contributed by atoms with Crippen molar-refractivity contribution in [1.29, 1.82) is 0 Å². The molecule has 0 saturated heterocycles. The van der Waals surface area contributed by atoms with Crippen LogP contribution in [0.15, 0.2) is 30.5 Å². The molecule has 96 valence electrons. The first kappa shape index (κ1) is 12.7. The molecule has 0 bridgehead atoms. The van der Waals surface area contributed by atoms with Crippen molar-refractivity contribution in [3.05, 3.63) is 41.7 Å². The minimum atomic E-state index is 0.605. The van der Waals surface area contributed by atoms with Crippen molar-refractivity contribution in [2.45, 2.75) is 27.7 Å². The molecule has 18 heavy (non-hydrogen) atoms. The number of anilines is 1. The molecule has 0 amide bonds. The van der Waals surface area contributed by atoms with Crippen LogP contribution in [0.5, 0.6) is 0 Å². The summed E-state index contributed by atoms with van der Waals surface area (Å²) in [5.41, 5.74) is 3.45. The first-order valence-corrected chi connectivity index (χ1v) is 6.43. The maximum Gasteiger partial charge on any atom is 0.207 e. The standard InChI is InChI=1S/C15H21N3/c1-11(2)9-16-15-17-13(4)10-18(15)14-7-5-12(3)6-8-14/h5-8,10-11H,9H2,1-4H3,(H,16,17). The van der Waals surface area contributed by atoms with Crippen LogP contribution in [0.3, 0.4) is 0 Å². The molecule has 0 spiro atoms. The Morgan fingerprint density at radius 1 is 1.17 bits per heavy atom. The maximum absolute atomic E-state index is 4.53. The third-order valence-electron chi connectivity index (χ3n) is 2.81. The lowest BCUT2D eigenvalue weighted by Gasteiger charge is -2.11. The van der Waals surface area contributed by atoms with Crippen LogP contribution in [-0.4, -0.2) is 16.1 Å². The van der Waals surface area contributed by atoms with Gasteiger partial charge in [-0.2, -0.15) is 0 Å². The molecule has 0 radical (unpaired) electrons. The van der Waals surface area contributed by atoms with Crippen LogP contribution >= 0.6 is 0 Å². The third-order valence-corrected chi connectivity index (χ3v) is 2.81. The summed E-state index contributed by atoms with van der Waals surface area (Å²) in [6, 6.07) is 8.49. The Balaban J connectivity index is 2.29. The zero-order valence-electron chi connectivity index (χ0n) is 11.6. The molecule has 0 fully saturated rings. The van der Waals surface area contributed by atoms with E-state index in [1.165, 1.54) is 5.56 Å². The fraction of sp³-hybridized carbons (Fsp3) is 0.400. The molecule has 0 aliphatic rings. The summed E-state index contributed by atoms with van der Waals surface area (Å²) in [5.74, 6) is 1.53. The molecule has 3 heteroatoms. The highest BCUT2D eigenvalue weighted by Gasteiger charge is 2.07. The first-order valence-electron chi connectivity index (χ1n) is 6.43. The van der Waals surface area contributed by atoms with Gasteiger partial charge in [0, 0.05) is 18.4 Å². The maximum atomic E-state index is 4.53. The molecule has 0 aliphatic carbocycles. The van der Waals surface area contributed by atoms with Gasteiger partial charge in [-0.1, -0.05) is 31.5 Å². The molecular formula is C15H21N3.